The van der Waals surface area contributed by atoms with Gasteiger partial charge in [0, 0.05) is 10.9 Å². The van der Waals surface area contributed by atoms with E-state index in [0.717, 1.165) is 45.0 Å². The Kier molecular flexibility index (Phi) is 5.24. The Morgan fingerprint density at radius 2 is 1.30 bits per heavy atom. The number of benzene rings is 7. The molecule has 10 rings (SSSR count). The molecule has 1 atom stereocenters. The van der Waals surface area contributed by atoms with Crippen molar-refractivity contribution in [1.29, 1.82) is 0 Å². The van der Waals surface area contributed by atoms with Crippen molar-refractivity contribution >= 4 is 77.7 Å². The van der Waals surface area contributed by atoms with Gasteiger partial charge < -0.3 is 4.42 Å². The number of para-hydroxylation sites is 1. The molecule has 0 saturated carbocycles. The molecule has 2 N–H and O–H groups in total. The van der Waals surface area contributed by atoms with Crippen LogP contribution < -0.4 is 15.0 Å². The smallest absolute Gasteiger partial charge is 0.404 e. The summed E-state index contributed by atoms with van der Waals surface area (Å²) in [6.07, 6.45) is 1.47. The molecule has 2 aliphatic heterocycles. The molecule has 5 nitrogen and oxygen atoms in total. The maximum absolute atomic E-state index is 6.15. The summed E-state index contributed by atoms with van der Waals surface area (Å²) in [5.74, 6) is 2.34. The Labute approximate surface area is 263 Å². The van der Waals surface area contributed by atoms with Crippen molar-refractivity contribution in [2.75, 3.05) is 0 Å². The summed E-state index contributed by atoms with van der Waals surface area (Å²) in [5, 5.41) is 14.5. The first-order valence-electron chi connectivity index (χ1n) is 15.5. The average molecular weight is 591 g/mol. The number of furan rings is 1. The van der Waals surface area contributed by atoms with Gasteiger partial charge in [-0.25, -0.2) is 10.3 Å². The van der Waals surface area contributed by atoms with Crippen LogP contribution in [0.5, 0.6) is 0 Å². The summed E-state index contributed by atoms with van der Waals surface area (Å²) in [6, 6.07) is 47.2. The molecule has 0 saturated heterocycles. The van der Waals surface area contributed by atoms with E-state index in [2.05, 4.69) is 126 Å². The van der Waals surface area contributed by atoms with E-state index in [1.807, 2.05) is 18.2 Å². The topological polar surface area (TPSA) is 65.6 Å². The second-order valence-corrected chi connectivity index (χ2v) is 12.0. The van der Waals surface area contributed by atoms with Gasteiger partial charge in [-0.3, -0.25) is 0 Å². The lowest BCUT2D eigenvalue weighted by Crippen LogP contribution is -2.80. The highest BCUT2D eigenvalue weighted by Crippen LogP contribution is 2.32. The van der Waals surface area contributed by atoms with Gasteiger partial charge in [-0.05, 0) is 67.4 Å². The van der Waals surface area contributed by atoms with E-state index in [9.17, 15) is 0 Å². The van der Waals surface area contributed by atoms with Gasteiger partial charge in [0.2, 0.25) is 11.9 Å². The third kappa shape index (κ3) is 3.80. The Hall–Kier alpha value is -6.29. The minimum absolute atomic E-state index is 0.326. The Balaban J connectivity index is 1.15. The van der Waals surface area contributed by atoms with E-state index >= 15 is 0 Å². The molecule has 0 fully saturated rings. The van der Waals surface area contributed by atoms with Crippen LogP contribution in [-0.2, 0) is 0 Å². The first-order chi connectivity index (χ1) is 22.8. The number of aliphatic imine (C=N–C) groups is 1. The van der Waals surface area contributed by atoms with Gasteiger partial charge in [0.05, 0.1) is 5.56 Å². The number of amidine groups is 2. The molecule has 5 heteroatoms. The third-order valence-electron chi connectivity index (χ3n) is 9.30. The Morgan fingerprint density at radius 3 is 2.20 bits per heavy atom. The van der Waals surface area contributed by atoms with Crippen LogP contribution in [0.3, 0.4) is 0 Å². The van der Waals surface area contributed by atoms with E-state index in [4.69, 9.17) is 14.1 Å². The van der Waals surface area contributed by atoms with Crippen LogP contribution in [0.1, 0.15) is 28.6 Å². The van der Waals surface area contributed by atoms with Crippen LogP contribution in [0.15, 0.2) is 143 Å². The SMILES string of the molecule is C1=[N+]=C(C2=NC(c3ccc4ccccc4c3)[NH+]=C(c3ccc4ccc5c6ccccc6ccc5c4c3)N2)c2c1oc1ccccc21. The molecule has 0 spiro atoms. The fourth-order valence-electron chi connectivity index (χ4n) is 7.04. The number of nitrogens with one attached hydrogen (secondary N) is 2. The molecule has 46 heavy (non-hydrogen) atoms. The highest BCUT2D eigenvalue weighted by atomic mass is 16.3. The molecule has 0 bridgehead atoms. The molecule has 214 valence electrons. The van der Waals surface area contributed by atoms with Crippen LogP contribution in [0, 0.1) is 0 Å². The second kappa shape index (κ2) is 9.60. The van der Waals surface area contributed by atoms with Crippen LogP contribution >= 0.6 is 0 Å². The minimum atomic E-state index is -0.326. The van der Waals surface area contributed by atoms with E-state index < -0.39 is 0 Å². The Bertz CT molecular complexity index is 2720. The number of hydrogen-bond acceptors (Lipinski definition) is 3. The van der Waals surface area contributed by atoms with Gasteiger partial charge in [0.1, 0.15) is 11.1 Å². The van der Waals surface area contributed by atoms with E-state index in [1.165, 1.54) is 43.1 Å². The summed E-state index contributed by atoms with van der Waals surface area (Å²) in [7, 11) is 0. The summed E-state index contributed by atoms with van der Waals surface area (Å²) < 4.78 is 11.0. The average Bonchev–Trinajstić information content (AvgIpc) is 3.70. The molecule has 0 amide bonds. The summed E-state index contributed by atoms with van der Waals surface area (Å²) in [4.78, 5) is 8.96. The van der Waals surface area contributed by atoms with Gasteiger partial charge >= 0.3 is 17.8 Å². The van der Waals surface area contributed by atoms with E-state index in [1.54, 1.807) is 6.21 Å². The third-order valence-corrected chi connectivity index (χ3v) is 9.30. The second-order valence-electron chi connectivity index (χ2n) is 12.0. The molecule has 1 aromatic heterocycles. The summed E-state index contributed by atoms with van der Waals surface area (Å²) in [6.45, 7) is 0. The lowest BCUT2D eigenvalue weighted by atomic mass is 9.95. The zero-order valence-electron chi connectivity index (χ0n) is 24.7. The van der Waals surface area contributed by atoms with Crippen LogP contribution in [-0.4, -0.2) is 23.6 Å². The van der Waals surface area contributed by atoms with Gasteiger partial charge in [-0.15, -0.1) is 0 Å². The number of hydrogen-bond donors (Lipinski definition) is 2. The fraction of sp³-hybridized carbons (Fsp3) is 0.0244. The zero-order valence-corrected chi connectivity index (χ0v) is 24.7. The van der Waals surface area contributed by atoms with Crippen molar-refractivity contribution in [3.63, 3.8) is 0 Å². The van der Waals surface area contributed by atoms with Crippen molar-refractivity contribution in [1.82, 2.24) is 9.98 Å². The first kappa shape index (κ1) is 25.1. The van der Waals surface area contributed by atoms with Crippen molar-refractivity contribution in [2.24, 2.45) is 4.99 Å². The maximum Gasteiger partial charge on any atom is 0.404 e. The monoisotopic (exact) mass is 590 g/mol. The van der Waals surface area contributed by atoms with Crippen molar-refractivity contribution in [3.05, 3.63) is 156 Å². The molecule has 2 aliphatic rings. The van der Waals surface area contributed by atoms with Gasteiger partial charge in [0.15, 0.2) is 0 Å². The maximum atomic E-state index is 6.15. The van der Waals surface area contributed by atoms with E-state index in [-0.39, 0.29) is 6.17 Å². The molecule has 0 radical (unpaired) electrons. The van der Waals surface area contributed by atoms with Crippen molar-refractivity contribution in [2.45, 2.75) is 6.17 Å². The Morgan fingerprint density at radius 1 is 0.609 bits per heavy atom. The van der Waals surface area contributed by atoms with Crippen LogP contribution in [0.2, 0.25) is 0 Å². The predicted octanol–water partition coefficient (Wildman–Crippen LogP) is 6.56. The number of nitrogens with zero attached hydrogens (tertiary/aromatic N) is 2. The predicted molar refractivity (Wildman–Crippen MR) is 189 cm³/mol. The molecule has 8 aromatic rings. The van der Waals surface area contributed by atoms with Gasteiger partial charge in [-0.2, -0.15) is 4.99 Å². The molecule has 3 heterocycles. The van der Waals surface area contributed by atoms with Crippen molar-refractivity contribution in [3.8, 4) is 0 Å². The molecular weight excluding hydrogens is 564 g/mol. The standard InChI is InChI=1S/C41H25N4O/c1-2-9-27-21-28(15-13-24(27)7-1)39-43-40(45-41(44-39)38-37-33-11-5-6-12-35(33)46-36(37)23-42-38)29-16-14-26-18-19-31-30-10-4-3-8-25(30)17-20-32(31)34(26)22-29/h1-23,39H,(H,43,44,45)/q+1/p+1. The highest BCUT2D eigenvalue weighted by Gasteiger charge is 2.41. The van der Waals surface area contributed by atoms with Crippen LogP contribution in [0.4, 0.5) is 0 Å². The molecule has 7 aromatic carbocycles. The number of fused-ring (bicyclic) bond motifs is 9. The van der Waals surface area contributed by atoms with Crippen LogP contribution in [0.25, 0.3) is 54.1 Å². The summed E-state index contributed by atoms with van der Waals surface area (Å²) >= 11 is 0. The number of rotatable bonds is 3. The van der Waals surface area contributed by atoms with Gasteiger partial charge in [0.25, 0.3) is 5.84 Å². The largest absolute Gasteiger partial charge is 0.448 e. The normalized spacial score (nSPS) is 15.7. The highest BCUT2D eigenvalue weighted by molar-refractivity contribution is 6.53. The van der Waals surface area contributed by atoms with Crippen molar-refractivity contribution < 1.29 is 9.41 Å². The van der Waals surface area contributed by atoms with E-state index in [0.29, 0.717) is 5.84 Å². The first-order valence-corrected chi connectivity index (χ1v) is 15.5. The minimum Gasteiger partial charge on any atom is -0.448 e. The lowest BCUT2D eigenvalue weighted by Gasteiger charge is -2.16. The lowest BCUT2D eigenvalue weighted by molar-refractivity contribution is -0.510. The summed E-state index contributed by atoms with van der Waals surface area (Å²) in [5.41, 5.74) is 4.72. The fourth-order valence-corrected chi connectivity index (χ4v) is 7.04. The molecule has 1 unspecified atom stereocenters. The molecular formula is C41H26N4O+2. The molecule has 0 aliphatic carbocycles. The van der Waals surface area contributed by atoms with Gasteiger partial charge in [-0.1, -0.05) is 114 Å². The quantitative estimate of drug-likeness (QED) is 0.181. The zero-order chi connectivity index (χ0) is 30.2.